The van der Waals surface area contributed by atoms with Crippen molar-refractivity contribution >= 4 is 40.8 Å². The van der Waals surface area contributed by atoms with Gasteiger partial charge in [0.15, 0.2) is 5.13 Å². The number of methoxy groups -OCH3 is 2. The second kappa shape index (κ2) is 8.42. The highest BCUT2D eigenvalue weighted by Crippen LogP contribution is 2.32. The van der Waals surface area contributed by atoms with Gasteiger partial charge in [-0.15, -0.1) is 12.4 Å². The highest BCUT2D eigenvalue weighted by Gasteiger charge is 2.28. The molecule has 0 bridgehead atoms. The molecule has 1 heterocycles. The number of esters is 1. The van der Waals surface area contributed by atoms with Gasteiger partial charge < -0.3 is 20.5 Å². The van der Waals surface area contributed by atoms with Gasteiger partial charge in [-0.1, -0.05) is 32.1 Å². The van der Waals surface area contributed by atoms with Crippen LogP contribution in [0.15, 0.2) is 0 Å². The maximum Gasteiger partial charge on any atom is 0.350 e. The minimum absolute atomic E-state index is 0. The lowest BCUT2D eigenvalue weighted by Crippen LogP contribution is -2.39. The van der Waals surface area contributed by atoms with E-state index in [-0.39, 0.29) is 24.4 Å². The Morgan fingerprint density at radius 3 is 2.41 bits per heavy atom. The third kappa shape index (κ3) is 5.20. The van der Waals surface area contributed by atoms with Gasteiger partial charge in [0.25, 0.3) is 0 Å². The van der Waals surface area contributed by atoms with Crippen molar-refractivity contribution in [2.45, 2.75) is 32.2 Å². The molecule has 0 saturated heterocycles. The van der Waals surface area contributed by atoms with E-state index in [0.717, 1.165) is 11.3 Å². The highest BCUT2D eigenvalue weighted by molar-refractivity contribution is 7.17. The van der Waals surface area contributed by atoms with Crippen LogP contribution in [-0.2, 0) is 19.7 Å². The molecule has 0 radical (unpaired) electrons. The lowest BCUT2D eigenvalue weighted by Gasteiger charge is -2.16. The standard InChI is InChI=1S/C13H21N3O4S.ClH/c1-13(2,3)9-8(11(18)20-5)21-12(15-9)16-10(17)7(14)6-19-4;/h7H,6,14H2,1-5H3,(H,15,16,17);1H. The van der Waals surface area contributed by atoms with Gasteiger partial charge in [-0.05, 0) is 0 Å². The van der Waals surface area contributed by atoms with Crippen LogP contribution in [0.2, 0.25) is 0 Å². The number of thiazole rings is 1. The number of rotatable bonds is 5. The molecule has 9 heteroatoms. The number of ether oxygens (including phenoxy) is 2. The molecule has 1 atom stereocenters. The van der Waals surface area contributed by atoms with Crippen molar-refractivity contribution < 1.29 is 19.1 Å². The van der Waals surface area contributed by atoms with Crippen LogP contribution < -0.4 is 11.1 Å². The molecule has 0 aliphatic rings. The molecule has 0 aromatic carbocycles. The van der Waals surface area contributed by atoms with E-state index in [0.29, 0.717) is 15.7 Å². The molecular weight excluding hydrogens is 330 g/mol. The van der Waals surface area contributed by atoms with Crippen molar-refractivity contribution in [3.05, 3.63) is 10.6 Å². The predicted molar refractivity (Wildman–Crippen MR) is 87.9 cm³/mol. The Labute approximate surface area is 140 Å². The summed E-state index contributed by atoms with van der Waals surface area (Å²) in [6, 6.07) is -0.793. The molecule has 1 amide bonds. The van der Waals surface area contributed by atoms with Crippen LogP contribution in [0.4, 0.5) is 5.13 Å². The normalized spacial score (nSPS) is 12.3. The number of nitrogens with one attached hydrogen (secondary N) is 1. The maximum atomic E-state index is 11.8. The minimum atomic E-state index is -0.793. The van der Waals surface area contributed by atoms with Gasteiger partial charge in [0, 0.05) is 12.5 Å². The Morgan fingerprint density at radius 2 is 1.95 bits per heavy atom. The van der Waals surface area contributed by atoms with Gasteiger partial charge in [0.2, 0.25) is 5.91 Å². The minimum Gasteiger partial charge on any atom is -0.465 e. The highest BCUT2D eigenvalue weighted by atomic mass is 35.5. The first-order valence-electron chi connectivity index (χ1n) is 6.35. The quantitative estimate of drug-likeness (QED) is 0.780. The monoisotopic (exact) mass is 351 g/mol. The number of aromatic nitrogens is 1. The summed E-state index contributed by atoms with van der Waals surface area (Å²) in [5.74, 6) is -0.887. The lowest BCUT2D eigenvalue weighted by atomic mass is 9.91. The summed E-state index contributed by atoms with van der Waals surface area (Å²) in [7, 11) is 2.77. The van der Waals surface area contributed by atoms with E-state index in [1.165, 1.54) is 14.2 Å². The fraction of sp³-hybridized carbons (Fsp3) is 0.615. The SMILES string of the molecule is COCC(N)C(=O)Nc1nc(C(C)(C)C)c(C(=O)OC)s1.Cl. The molecule has 0 aliphatic heterocycles. The smallest absolute Gasteiger partial charge is 0.350 e. The van der Waals surface area contributed by atoms with Crippen molar-refractivity contribution in [1.29, 1.82) is 0 Å². The van der Waals surface area contributed by atoms with Gasteiger partial charge in [-0.2, -0.15) is 0 Å². The number of anilines is 1. The molecule has 126 valence electrons. The Hall–Kier alpha value is -1.22. The van der Waals surface area contributed by atoms with Crippen LogP contribution in [0.25, 0.3) is 0 Å². The summed E-state index contributed by atoms with van der Waals surface area (Å²) in [6.45, 7) is 5.89. The molecule has 0 spiro atoms. The Morgan fingerprint density at radius 1 is 1.36 bits per heavy atom. The zero-order valence-corrected chi connectivity index (χ0v) is 14.9. The summed E-state index contributed by atoms with van der Waals surface area (Å²) >= 11 is 1.07. The van der Waals surface area contributed by atoms with Crippen LogP contribution in [0, 0.1) is 0 Å². The first kappa shape index (κ1) is 20.8. The van der Waals surface area contributed by atoms with Crippen molar-refractivity contribution in [1.82, 2.24) is 4.98 Å². The molecule has 0 aliphatic carbocycles. The van der Waals surface area contributed by atoms with Gasteiger partial charge in [-0.25, -0.2) is 9.78 Å². The first-order chi connectivity index (χ1) is 9.70. The molecule has 22 heavy (non-hydrogen) atoms. The second-order valence-electron chi connectivity index (χ2n) is 5.49. The van der Waals surface area contributed by atoms with E-state index in [9.17, 15) is 9.59 Å². The van der Waals surface area contributed by atoms with E-state index < -0.39 is 17.9 Å². The summed E-state index contributed by atoms with van der Waals surface area (Å²) < 4.78 is 9.57. The molecule has 0 fully saturated rings. The Bertz CT molecular complexity index is 528. The summed E-state index contributed by atoms with van der Waals surface area (Å²) in [5, 5.41) is 2.91. The van der Waals surface area contributed by atoms with Gasteiger partial charge >= 0.3 is 5.97 Å². The molecule has 1 rings (SSSR count). The summed E-state index contributed by atoms with van der Waals surface area (Å²) in [5.41, 5.74) is 5.87. The molecule has 1 aromatic rings. The molecule has 1 aromatic heterocycles. The molecule has 1 unspecified atom stereocenters. The van der Waals surface area contributed by atoms with Crippen molar-refractivity contribution in [2.75, 3.05) is 26.1 Å². The van der Waals surface area contributed by atoms with Gasteiger partial charge in [-0.3, -0.25) is 4.79 Å². The molecule has 7 nitrogen and oxygen atoms in total. The van der Waals surface area contributed by atoms with E-state index in [1.54, 1.807) is 0 Å². The number of carbonyl (C=O) groups is 2. The second-order valence-corrected chi connectivity index (χ2v) is 6.49. The van der Waals surface area contributed by atoms with E-state index in [2.05, 4.69) is 10.3 Å². The fourth-order valence-electron chi connectivity index (χ4n) is 1.57. The zero-order chi connectivity index (χ0) is 16.2. The summed E-state index contributed by atoms with van der Waals surface area (Å²) in [6.07, 6.45) is 0. The van der Waals surface area contributed by atoms with E-state index in [1.807, 2.05) is 20.8 Å². The zero-order valence-electron chi connectivity index (χ0n) is 13.3. The maximum absolute atomic E-state index is 11.8. The average molecular weight is 352 g/mol. The predicted octanol–water partition coefficient (Wildman–Crippen LogP) is 1.56. The number of hydrogen-bond donors (Lipinski definition) is 2. The van der Waals surface area contributed by atoms with E-state index >= 15 is 0 Å². The number of halogens is 1. The third-order valence-corrected chi connectivity index (χ3v) is 3.57. The van der Waals surface area contributed by atoms with Crippen molar-refractivity contribution in [3.8, 4) is 0 Å². The number of hydrogen-bond acceptors (Lipinski definition) is 7. The van der Waals surface area contributed by atoms with E-state index in [4.69, 9.17) is 15.2 Å². The lowest BCUT2D eigenvalue weighted by molar-refractivity contribution is -0.118. The van der Waals surface area contributed by atoms with Gasteiger partial charge in [0.1, 0.15) is 10.9 Å². The van der Waals surface area contributed by atoms with Crippen LogP contribution >= 0.6 is 23.7 Å². The number of amides is 1. The summed E-state index contributed by atoms with van der Waals surface area (Å²) in [4.78, 5) is 28.4. The van der Waals surface area contributed by atoms with Crippen LogP contribution in [-0.4, -0.2) is 43.7 Å². The van der Waals surface area contributed by atoms with Crippen LogP contribution in [0.3, 0.4) is 0 Å². The van der Waals surface area contributed by atoms with Crippen LogP contribution in [0.1, 0.15) is 36.1 Å². The molecular formula is C13H22ClN3O4S. The Balaban J connectivity index is 0.00000441. The number of nitrogens with zero attached hydrogens (tertiary/aromatic N) is 1. The largest absolute Gasteiger partial charge is 0.465 e. The number of carbonyl (C=O) groups excluding carboxylic acids is 2. The average Bonchev–Trinajstić information content (AvgIpc) is 2.82. The first-order valence-corrected chi connectivity index (χ1v) is 7.17. The third-order valence-electron chi connectivity index (χ3n) is 2.62. The van der Waals surface area contributed by atoms with Crippen molar-refractivity contribution in [3.63, 3.8) is 0 Å². The Kier molecular flexibility index (Phi) is 7.96. The topological polar surface area (TPSA) is 104 Å². The fourth-order valence-corrected chi connectivity index (χ4v) is 2.66. The van der Waals surface area contributed by atoms with Crippen LogP contribution in [0.5, 0.6) is 0 Å². The molecule has 0 saturated carbocycles. The number of nitrogens with two attached hydrogens (primary N) is 1. The molecule has 3 N–H and O–H groups in total. The van der Waals surface area contributed by atoms with Gasteiger partial charge in [0.05, 0.1) is 19.4 Å². The van der Waals surface area contributed by atoms with Crippen molar-refractivity contribution in [2.24, 2.45) is 5.73 Å².